The maximum Gasteiger partial charge on any atom is 0.326 e. The van der Waals surface area contributed by atoms with Crippen molar-refractivity contribution < 1.29 is 19.5 Å². The lowest BCUT2D eigenvalue weighted by Crippen LogP contribution is -2.52. The number of hydrogen-bond donors (Lipinski definition) is 3. The van der Waals surface area contributed by atoms with Gasteiger partial charge < -0.3 is 15.7 Å². The van der Waals surface area contributed by atoms with Gasteiger partial charge in [0.2, 0.25) is 11.8 Å². The van der Waals surface area contributed by atoms with Crippen molar-refractivity contribution in [3.8, 4) is 0 Å². The summed E-state index contributed by atoms with van der Waals surface area (Å²) in [6.45, 7) is 1.32. The third kappa shape index (κ3) is 6.05. The quantitative estimate of drug-likeness (QED) is 0.670. The molecule has 6 heteroatoms. The molecule has 0 aliphatic carbocycles. The average molecular weight is 354 g/mol. The van der Waals surface area contributed by atoms with Gasteiger partial charge in [0.15, 0.2) is 0 Å². The first-order valence-electron chi connectivity index (χ1n) is 8.34. The van der Waals surface area contributed by atoms with E-state index >= 15 is 0 Å². The lowest BCUT2D eigenvalue weighted by molar-refractivity contribution is -0.142. The molecule has 3 N–H and O–H groups in total. The van der Waals surface area contributed by atoms with Crippen molar-refractivity contribution >= 4 is 17.8 Å². The first kappa shape index (κ1) is 19.2. The Morgan fingerprint density at radius 1 is 0.808 bits per heavy atom. The zero-order chi connectivity index (χ0) is 18.9. The SMILES string of the molecule is CC(=O)N[C@H](Cc1ccccc1)C(=O)N[C@@H](Cc1ccccc1)C(=O)O. The number of carbonyl (C=O) groups is 3. The number of carbonyl (C=O) groups excluding carboxylic acids is 2. The van der Waals surface area contributed by atoms with E-state index in [0.717, 1.165) is 11.1 Å². The van der Waals surface area contributed by atoms with Crippen molar-refractivity contribution in [1.29, 1.82) is 0 Å². The number of amides is 2. The fraction of sp³-hybridized carbons (Fsp3) is 0.250. The smallest absolute Gasteiger partial charge is 0.326 e. The third-order valence-corrected chi connectivity index (χ3v) is 3.87. The zero-order valence-electron chi connectivity index (χ0n) is 14.5. The summed E-state index contributed by atoms with van der Waals surface area (Å²) in [4.78, 5) is 35.6. The van der Waals surface area contributed by atoms with E-state index in [2.05, 4.69) is 10.6 Å². The molecule has 0 fully saturated rings. The van der Waals surface area contributed by atoms with Crippen molar-refractivity contribution in [3.05, 3.63) is 71.8 Å². The molecular formula is C20H22N2O4. The number of carboxylic acids is 1. The molecule has 2 aromatic rings. The van der Waals surface area contributed by atoms with Crippen LogP contribution in [0.25, 0.3) is 0 Å². The van der Waals surface area contributed by atoms with E-state index in [9.17, 15) is 19.5 Å². The predicted molar refractivity (Wildman–Crippen MR) is 97.5 cm³/mol. The summed E-state index contributed by atoms with van der Waals surface area (Å²) in [6.07, 6.45) is 0.448. The van der Waals surface area contributed by atoms with Crippen LogP contribution in [0.3, 0.4) is 0 Å². The van der Waals surface area contributed by atoms with E-state index in [1.54, 1.807) is 12.1 Å². The van der Waals surface area contributed by atoms with E-state index in [-0.39, 0.29) is 18.7 Å². The fourth-order valence-electron chi connectivity index (χ4n) is 2.63. The Labute approximate surface area is 152 Å². The van der Waals surface area contributed by atoms with Gasteiger partial charge in [0.1, 0.15) is 12.1 Å². The highest BCUT2D eigenvalue weighted by molar-refractivity contribution is 5.90. The standard InChI is InChI=1S/C20H22N2O4/c1-14(23)21-17(12-15-8-4-2-5-9-15)19(24)22-18(20(25)26)13-16-10-6-3-7-11-16/h2-11,17-18H,12-13H2,1H3,(H,21,23)(H,22,24)(H,25,26)/t17-,18+/m1/s1. The van der Waals surface area contributed by atoms with Crippen LogP contribution in [0, 0.1) is 0 Å². The fourth-order valence-corrected chi connectivity index (χ4v) is 2.63. The predicted octanol–water partition coefficient (Wildman–Crippen LogP) is 1.55. The van der Waals surface area contributed by atoms with Crippen LogP contribution in [0.15, 0.2) is 60.7 Å². The normalized spacial score (nSPS) is 12.7. The van der Waals surface area contributed by atoms with E-state index in [1.807, 2.05) is 48.5 Å². The second-order valence-corrected chi connectivity index (χ2v) is 6.03. The molecule has 0 unspecified atom stereocenters. The number of aliphatic carboxylic acids is 1. The summed E-state index contributed by atoms with van der Waals surface area (Å²) in [5.41, 5.74) is 1.68. The largest absolute Gasteiger partial charge is 0.480 e. The molecule has 2 aromatic carbocycles. The van der Waals surface area contributed by atoms with Crippen molar-refractivity contribution in [1.82, 2.24) is 10.6 Å². The maximum absolute atomic E-state index is 12.6. The van der Waals surface area contributed by atoms with Gasteiger partial charge in [0.25, 0.3) is 0 Å². The highest BCUT2D eigenvalue weighted by atomic mass is 16.4. The van der Waals surface area contributed by atoms with E-state index in [1.165, 1.54) is 6.92 Å². The van der Waals surface area contributed by atoms with Gasteiger partial charge in [0.05, 0.1) is 0 Å². The van der Waals surface area contributed by atoms with Crippen molar-refractivity contribution in [2.75, 3.05) is 0 Å². The van der Waals surface area contributed by atoms with Crippen LogP contribution < -0.4 is 10.6 Å². The van der Waals surface area contributed by atoms with Crippen LogP contribution in [-0.4, -0.2) is 35.0 Å². The molecule has 0 aliphatic rings. The minimum atomic E-state index is -1.12. The number of benzene rings is 2. The monoisotopic (exact) mass is 354 g/mol. The topological polar surface area (TPSA) is 95.5 Å². The molecule has 0 heterocycles. The molecule has 2 rings (SSSR count). The van der Waals surface area contributed by atoms with Gasteiger partial charge in [-0.15, -0.1) is 0 Å². The molecule has 2 atom stereocenters. The molecule has 2 amide bonds. The van der Waals surface area contributed by atoms with Crippen LogP contribution in [0.2, 0.25) is 0 Å². The van der Waals surface area contributed by atoms with Gasteiger partial charge in [0, 0.05) is 19.8 Å². The van der Waals surface area contributed by atoms with Crippen molar-refractivity contribution in [2.24, 2.45) is 0 Å². The van der Waals surface area contributed by atoms with Crippen LogP contribution >= 0.6 is 0 Å². The minimum Gasteiger partial charge on any atom is -0.480 e. The van der Waals surface area contributed by atoms with Crippen molar-refractivity contribution in [3.63, 3.8) is 0 Å². The Hall–Kier alpha value is -3.15. The zero-order valence-corrected chi connectivity index (χ0v) is 14.5. The number of nitrogens with one attached hydrogen (secondary N) is 2. The summed E-state index contributed by atoms with van der Waals surface area (Å²) in [5, 5.41) is 14.6. The summed E-state index contributed by atoms with van der Waals surface area (Å²) in [6, 6.07) is 16.4. The Morgan fingerprint density at radius 3 is 1.69 bits per heavy atom. The molecule has 0 saturated heterocycles. The molecule has 136 valence electrons. The summed E-state index contributed by atoms with van der Waals surface area (Å²) >= 11 is 0. The molecule has 0 aromatic heterocycles. The Bertz CT molecular complexity index is 747. The lowest BCUT2D eigenvalue weighted by atomic mass is 10.0. The Balaban J connectivity index is 2.09. The molecular weight excluding hydrogens is 332 g/mol. The molecule has 0 spiro atoms. The Kier molecular flexibility index (Phi) is 6.91. The third-order valence-electron chi connectivity index (χ3n) is 3.87. The van der Waals surface area contributed by atoms with Gasteiger partial charge in [-0.05, 0) is 11.1 Å². The van der Waals surface area contributed by atoms with Gasteiger partial charge in [-0.3, -0.25) is 9.59 Å². The highest BCUT2D eigenvalue weighted by Gasteiger charge is 2.26. The van der Waals surface area contributed by atoms with Gasteiger partial charge >= 0.3 is 5.97 Å². The van der Waals surface area contributed by atoms with E-state index in [4.69, 9.17) is 0 Å². The number of rotatable bonds is 8. The molecule has 0 aliphatic heterocycles. The first-order chi connectivity index (χ1) is 12.5. The number of carboxylic acid groups (broad SMARTS) is 1. The van der Waals surface area contributed by atoms with Gasteiger partial charge in [-0.1, -0.05) is 60.7 Å². The van der Waals surface area contributed by atoms with Gasteiger partial charge in [-0.2, -0.15) is 0 Å². The second kappa shape index (κ2) is 9.36. The molecule has 0 saturated carbocycles. The molecule has 0 bridgehead atoms. The van der Waals surface area contributed by atoms with Crippen LogP contribution in [0.1, 0.15) is 18.1 Å². The van der Waals surface area contributed by atoms with Gasteiger partial charge in [-0.25, -0.2) is 4.79 Å². The van der Waals surface area contributed by atoms with Crippen molar-refractivity contribution in [2.45, 2.75) is 31.8 Å². The molecule has 26 heavy (non-hydrogen) atoms. The number of hydrogen-bond acceptors (Lipinski definition) is 3. The molecule has 0 radical (unpaired) electrons. The van der Waals surface area contributed by atoms with Crippen LogP contribution in [0.5, 0.6) is 0 Å². The average Bonchev–Trinajstić information content (AvgIpc) is 2.62. The summed E-state index contributed by atoms with van der Waals surface area (Å²) < 4.78 is 0. The summed E-state index contributed by atoms with van der Waals surface area (Å²) in [5.74, 6) is -1.99. The first-order valence-corrected chi connectivity index (χ1v) is 8.34. The van der Waals surface area contributed by atoms with Crippen LogP contribution in [0.4, 0.5) is 0 Å². The van der Waals surface area contributed by atoms with E-state index < -0.39 is 24.0 Å². The minimum absolute atomic E-state index is 0.167. The summed E-state index contributed by atoms with van der Waals surface area (Å²) in [7, 11) is 0. The van der Waals surface area contributed by atoms with E-state index in [0.29, 0.717) is 0 Å². The Morgan fingerprint density at radius 2 is 1.27 bits per heavy atom. The highest BCUT2D eigenvalue weighted by Crippen LogP contribution is 2.07. The molecule has 6 nitrogen and oxygen atoms in total. The maximum atomic E-state index is 12.6. The van der Waals surface area contributed by atoms with Crippen LogP contribution in [-0.2, 0) is 27.2 Å². The lowest BCUT2D eigenvalue weighted by Gasteiger charge is -2.21. The second-order valence-electron chi connectivity index (χ2n) is 6.03.